The zero-order valence-corrected chi connectivity index (χ0v) is 18.9. The quantitative estimate of drug-likeness (QED) is 0.636. The van der Waals surface area contributed by atoms with Crippen LogP contribution >= 0.6 is 0 Å². The SMILES string of the molecule is Cc1ncc(N2CC3(CCC(c4ccccc4)(N(C)C)CC3)NC2=O)c(NCC(N)=O)n1. The van der Waals surface area contributed by atoms with Gasteiger partial charge in [0.15, 0.2) is 5.82 Å². The lowest BCUT2D eigenvalue weighted by Gasteiger charge is -2.48. The van der Waals surface area contributed by atoms with Crippen LogP contribution < -0.4 is 21.3 Å². The third-order valence-electron chi connectivity index (χ3n) is 6.89. The molecule has 9 heteroatoms. The summed E-state index contributed by atoms with van der Waals surface area (Å²) in [5.41, 5.74) is 6.78. The molecule has 1 aliphatic carbocycles. The van der Waals surface area contributed by atoms with E-state index in [0.29, 0.717) is 23.9 Å². The minimum absolute atomic E-state index is 0.0498. The summed E-state index contributed by atoms with van der Waals surface area (Å²) in [6.07, 6.45) is 5.23. The molecule has 0 atom stereocenters. The van der Waals surface area contributed by atoms with Crippen LogP contribution in [0.3, 0.4) is 0 Å². The standard InChI is InChI=1S/C23H31N7O2/c1-16-25-13-18(20(27-16)26-14-19(24)31)30-15-22(28-21(30)32)9-11-23(12-10-22,29(2)3)17-7-5-4-6-8-17/h4-8,13H,9-12,14-15H2,1-3H3,(H2,24,31)(H,28,32)(H,25,26,27). The van der Waals surface area contributed by atoms with E-state index < -0.39 is 5.91 Å². The fraction of sp³-hybridized carbons (Fsp3) is 0.478. The third-order valence-corrected chi connectivity index (χ3v) is 6.89. The Morgan fingerprint density at radius 1 is 1.22 bits per heavy atom. The molecule has 1 saturated heterocycles. The van der Waals surface area contributed by atoms with Crippen LogP contribution in [0.4, 0.5) is 16.3 Å². The average molecular weight is 438 g/mol. The minimum Gasteiger partial charge on any atom is -0.368 e. The van der Waals surface area contributed by atoms with Crippen molar-refractivity contribution in [2.45, 2.75) is 43.7 Å². The van der Waals surface area contributed by atoms with E-state index >= 15 is 0 Å². The molecule has 1 aliphatic heterocycles. The molecule has 0 radical (unpaired) electrons. The Bertz CT molecular complexity index is 1000. The van der Waals surface area contributed by atoms with E-state index in [-0.39, 0.29) is 23.7 Å². The fourth-order valence-corrected chi connectivity index (χ4v) is 5.03. The number of hydrogen-bond donors (Lipinski definition) is 3. The highest BCUT2D eigenvalue weighted by Crippen LogP contribution is 2.46. The molecule has 1 aromatic heterocycles. The van der Waals surface area contributed by atoms with Crippen LogP contribution in [0.25, 0.3) is 0 Å². The first-order chi connectivity index (χ1) is 15.2. The Hall–Kier alpha value is -3.20. The highest BCUT2D eigenvalue weighted by atomic mass is 16.2. The zero-order chi connectivity index (χ0) is 22.9. The van der Waals surface area contributed by atoms with Gasteiger partial charge in [-0.1, -0.05) is 30.3 Å². The lowest BCUT2D eigenvalue weighted by Crippen LogP contribution is -2.54. The molecule has 4 rings (SSSR count). The van der Waals surface area contributed by atoms with E-state index in [2.05, 4.69) is 63.9 Å². The predicted molar refractivity (Wildman–Crippen MR) is 123 cm³/mol. The van der Waals surface area contributed by atoms with Gasteiger partial charge in [-0.3, -0.25) is 14.6 Å². The van der Waals surface area contributed by atoms with Crippen LogP contribution in [0.15, 0.2) is 36.5 Å². The van der Waals surface area contributed by atoms with Crippen LogP contribution in [0, 0.1) is 6.92 Å². The second-order valence-electron chi connectivity index (χ2n) is 9.06. The molecule has 170 valence electrons. The molecular weight excluding hydrogens is 406 g/mol. The number of carbonyl (C=O) groups is 2. The molecule has 2 fully saturated rings. The summed E-state index contributed by atoms with van der Waals surface area (Å²) in [7, 11) is 4.26. The predicted octanol–water partition coefficient (Wildman–Crippen LogP) is 1.98. The largest absolute Gasteiger partial charge is 0.368 e. The Labute approximate surface area is 188 Å². The molecule has 1 saturated carbocycles. The monoisotopic (exact) mass is 437 g/mol. The summed E-state index contributed by atoms with van der Waals surface area (Å²) < 4.78 is 0. The van der Waals surface area contributed by atoms with Gasteiger partial charge in [0.1, 0.15) is 11.5 Å². The number of carbonyl (C=O) groups excluding carboxylic acids is 2. The maximum absolute atomic E-state index is 13.0. The van der Waals surface area contributed by atoms with Gasteiger partial charge in [0.25, 0.3) is 0 Å². The van der Waals surface area contributed by atoms with Crippen LogP contribution in [0.2, 0.25) is 0 Å². The molecule has 1 aromatic carbocycles. The van der Waals surface area contributed by atoms with Gasteiger partial charge in [0.2, 0.25) is 5.91 Å². The number of nitrogens with zero attached hydrogens (tertiary/aromatic N) is 4. The van der Waals surface area contributed by atoms with E-state index in [4.69, 9.17) is 5.73 Å². The molecular formula is C23H31N7O2. The number of rotatable bonds is 6. The summed E-state index contributed by atoms with van der Waals surface area (Å²) in [5, 5.41) is 6.18. The summed E-state index contributed by atoms with van der Waals surface area (Å²) >= 11 is 0. The van der Waals surface area contributed by atoms with Crippen molar-refractivity contribution >= 4 is 23.4 Å². The summed E-state index contributed by atoms with van der Waals surface area (Å²) in [6, 6.07) is 10.4. The Morgan fingerprint density at radius 3 is 2.53 bits per heavy atom. The van der Waals surface area contributed by atoms with Crippen LogP contribution in [-0.4, -0.2) is 59.5 Å². The van der Waals surface area contributed by atoms with Crippen molar-refractivity contribution in [3.63, 3.8) is 0 Å². The maximum atomic E-state index is 13.0. The number of primary amides is 1. The number of aromatic nitrogens is 2. The van der Waals surface area contributed by atoms with Crippen molar-refractivity contribution in [3.8, 4) is 0 Å². The number of nitrogens with two attached hydrogens (primary N) is 1. The molecule has 2 aliphatic rings. The first-order valence-corrected chi connectivity index (χ1v) is 10.9. The zero-order valence-electron chi connectivity index (χ0n) is 18.9. The molecule has 32 heavy (non-hydrogen) atoms. The van der Waals surface area contributed by atoms with Gasteiger partial charge < -0.3 is 16.4 Å². The van der Waals surface area contributed by atoms with Crippen molar-refractivity contribution in [1.29, 1.82) is 0 Å². The number of hydrogen-bond acceptors (Lipinski definition) is 6. The highest BCUT2D eigenvalue weighted by Gasteiger charge is 2.50. The number of benzene rings is 1. The number of aryl methyl sites for hydroxylation is 1. The van der Waals surface area contributed by atoms with E-state index in [1.807, 2.05) is 6.07 Å². The lowest BCUT2D eigenvalue weighted by molar-refractivity contribution is -0.116. The molecule has 4 N–H and O–H groups in total. The number of urea groups is 1. The van der Waals surface area contributed by atoms with Gasteiger partial charge in [0.05, 0.1) is 24.8 Å². The van der Waals surface area contributed by atoms with E-state index in [9.17, 15) is 9.59 Å². The number of anilines is 2. The van der Waals surface area contributed by atoms with Crippen LogP contribution in [0.5, 0.6) is 0 Å². The molecule has 1 spiro atoms. The fourth-order valence-electron chi connectivity index (χ4n) is 5.03. The molecule has 0 unspecified atom stereocenters. The molecule has 9 nitrogen and oxygen atoms in total. The molecule has 2 heterocycles. The molecule has 3 amide bonds. The summed E-state index contributed by atoms with van der Waals surface area (Å²) in [4.78, 5) is 36.9. The van der Waals surface area contributed by atoms with Gasteiger partial charge in [-0.15, -0.1) is 0 Å². The maximum Gasteiger partial charge on any atom is 0.322 e. The summed E-state index contributed by atoms with van der Waals surface area (Å²) in [6.45, 7) is 2.23. The van der Waals surface area contributed by atoms with Crippen molar-refractivity contribution in [2.75, 3.05) is 37.4 Å². The van der Waals surface area contributed by atoms with Gasteiger partial charge in [-0.25, -0.2) is 14.8 Å². The second-order valence-corrected chi connectivity index (χ2v) is 9.06. The van der Waals surface area contributed by atoms with Gasteiger partial charge in [0, 0.05) is 5.54 Å². The first-order valence-electron chi connectivity index (χ1n) is 10.9. The normalized spacial score (nSPS) is 25.2. The second kappa shape index (κ2) is 8.38. The van der Waals surface area contributed by atoms with Crippen molar-refractivity contribution < 1.29 is 9.59 Å². The van der Waals surface area contributed by atoms with E-state index in [1.54, 1.807) is 18.0 Å². The van der Waals surface area contributed by atoms with Gasteiger partial charge in [-0.2, -0.15) is 0 Å². The molecule has 2 aromatic rings. The van der Waals surface area contributed by atoms with Crippen LogP contribution in [-0.2, 0) is 10.3 Å². The smallest absolute Gasteiger partial charge is 0.322 e. The Morgan fingerprint density at radius 2 is 1.91 bits per heavy atom. The highest BCUT2D eigenvalue weighted by molar-refractivity contribution is 5.98. The van der Waals surface area contributed by atoms with E-state index in [1.165, 1.54) is 5.56 Å². The topological polar surface area (TPSA) is 116 Å². The van der Waals surface area contributed by atoms with Crippen molar-refractivity contribution in [3.05, 3.63) is 47.9 Å². The number of amides is 3. The number of nitrogens with one attached hydrogen (secondary N) is 2. The average Bonchev–Trinajstić information content (AvgIpc) is 3.09. The molecule has 0 bridgehead atoms. The Kier molecular flexibility index (Phi) is 5.77. The lowest BCUT2D eigenvalue weighted by atomic mass is 9.69. The van der Waals surface area contributed by atoms with Gasteiger partial charge in [-0.05, 0) is 52.3 Å². The first kappa shape index (κ1) is 22.0. The summed E-state index contributed by atoms with van der Waals surface area (Å²) in [5.74, 6) is 0.486. The van der Waals surface area contributed by atoms with Crippen molar-refractivity contribution in [1.82, 2.24) is 20.2 Å². The van der Waals surface area contributed by atoms with E-state index in [0.717, 1.165) is 25.7 Å². The van der Waals surface area contributed by atoms with Crippen LogP contribution in [0.1, 0.15) is 37.1 Å². The Balaban J connectivity index is 1.56. The van der Waals surface area contributed by atoms with Gasteiger partial charge >= 0.3 is 6.03 Å². The third kappa shape index (κ3) is 4.00. The van der Waals surface area contributed by atoms with Crippen molar-refractivity contribution in [2.24, 2.45) is 5.73 Å². The minimum atomic E-state index is -0.497.